The van der Waals surface area contributed by atoms with E-state index in [0.717, 1.165) is 25.7 Å². The van der Waals surface area contributed by atoms with Crippen LogP contribution in [0.2, 0.25) is 0 Å². The summed E-state index contributed by atoms with van der Waals surface area (Å²) in [5, 5.41) is 0. The van der Waals surface area contributed by atoms with Gasteiger partial charge in [0.1, 0.15) is 0 Å². The molecule has 1 amide bonds. The number of rotatable bonds is 8. The monoisotopic (exact) mass is 424 g/mol. The molecule has 0 unspecified atom stereocenters. The summed E-state index contributed by atoms with van der Waals surface area (Å²) in [6.07, 6.45) is 5.35. The first-order valence-corrected chi connectivity index (χ1v) is 11.7. The summed E-state index contributed by atoms with van der Waals surface area (Å²) >= 11 is 0. The zero-order valence-electron chi connectivity index (χ0n) is 17.8. The van der Waals surface area contributed by atoms with Crippen molar-refractivity contribution in [2.75, 3.05) is 26.7 Å². The number of carbonyl (C=O) groups excluding carboxylic acids is 2. The number of nitrogens with zero attached hydrogens (tertiary/aromatic N) is 2. The van der Waals surface area contributed by atoms with E-state index in [4.69, 9.17) is 4.74 Å². The van der Waals surface area contributed by atoms with Crippen LogP contribution in [0.5, 0.6) is 0 Å². The van der Waals surface area contributed by atoms with E-state index in [9.17, 15) is 18.0 Å². The molecule has 162 valence electrons. The van der Waals surface area contributed by atoms with Gasteiger partial charge in [-0.05, 0) is 37.5 Å². The minimum Gasteiger partial charge on any atom is -0.452 e. The van der Waals surface area contributed by atoms with E-state index in [1.54, 1.807) is 38.8 Å². The Labute approximate surface area is 174 Å². The molecule has 1 saturated carbocycles. The van der Waals surface area contributed by atoms with Crippen LogP contribution in [-0.4, -0.2) is 62.3 Å². The normalized spacial score (nSPS) is 15.3. The summed E-state index contributed by atoms with van der Waals surface area (Å²) in [6.45, 7) is 5.57. The van der Waals surface area contributed by atoms with Crippen LogP contribution < -0.4 is 0 Å². The average molecular weight is 425 g/mol. The van der Waals surface area contributed by atoms with Crippen molar-refractivity contribution in [2.24, 2.45) is 0 Å². The van der Waals surface area contributed by atoms with Crippen molar-refractivity contribution in [3.63, 3.8) is 0 Å². The number of likely N-dealkylation sites (N-methyl/N-ethyl adjacent to an activating group) is 1. The van der Waals surface area contributed by atoms with E-state index in [1.165, 1.54) is 22.9 Å². The molecule has 1 aliphatic carbocycles. The predicted molar refractivity (Wildman–Crippen MR) is 111 cm³/mol. The summed E-state index contributed by atoms with van der Waals surface area (Å²) in [5.74, 6) is -0.931. The Balaban J connectivity index is 2.09. The molecular formula is C21H32N2O5S. The molecule has 2 rings (SSSR count). The molecule has 0 bridgehead atoms. The van der Waals surface area contributed by atoms with Gasteiger partial charge in [0.15, 0.2) is 6.61 Å². The van der Waals surface area contributed by atoms with Crippen LogP contribution >= 0.6 is 0 Å². The summed E-state index contributed by atoms with van der Waals surface area (Å²) < 4.78 is 32.0. The Bertz CT molecular complexity index is 827. The summed E-state index contributed by atoms with van der Waals surface area (Å²) in [6, 6.07) is 4.60. The molecule has 1 aromatic rings. The molecule has 29 heavy (non-hydrogen) atoms. The van der Waals surface area contributed by atoms with Crippen LogP contribution in [0.1, 0.15) is 61.9 Å². The van der Waals surface area contributed by atoms with Crippen molar-refractivity contribution in [3.05, 3.63) is 29.3 Å². The fourth-order valence-electron chi connectivity index (χ4n) is 3.67. The van der Waals surface area contributed by atoms with Crippen molar-refractivity contribution in [1.82, 2.24) is 9.21 Å². The van der Waals surface area contributed by atoms with Gasteiger partial charge in [-0.3, -0.25) is 4.79 Å². The first-order valence-electron chi connectivity index (χ1n) is 10.3. The third kappa shape index (κ3) is 5.57. The SMILES string of the molecule is CCN(CC)S(=O)(=O)c1ccc(C)c(C(=O)OCC(=O)N(C)C2CCCCC2)c1. The highest BCUT2D eigenvalue weighted by atomic mass is 32.2. The number of sulfonamides is 1. The van der Waals surface area contributed by atoms with Gasteiger partial charge in [0.25, 0.3) is 5.91 Å². The van der Waals surface area contributed by atoms with Crippen LogP contribution in [0, 0.1) is 6.92 Å². The van der Waals surface area contributed by atoms with Crippen molar-refractivity contribution >= 4 is 21.9 Å². The van der Waals surface area contributed by atoms with Crippen LogP contribution in [0.25, 0.3) is 0 Å². The van der Waals surface area contributed by atoms with Crippen LogP contribution in [0.15, 0.2) is 23.1 Å². The third-order valence-corrected chi connectivity index (χ3v) is 7.66. The molecule has 7 nitrogen and oxygen atoms in total. The van der Waals surface area contributed by atoms with Crippen LogP contribution in [0.3, 0.4) is 0 Å². The standard InChI is InChI=1S/C21H32N2O5S/c1-5-23(6-2)29(26,27)18-13-12-16(3)19(14-18)21(25)28-15-20(24)22(4)17-10-8-7-9-11-17/h12-14,17H,5-11,15H2,1-4H3. The van der Waals surface area contributed by atoms with Gasteiger partial charge in [0, 0.05) is 26.2 Å². The fraction of sp³-hybridized carbons (Fsp3) is 0.619. The molecule has 0 heterocycles. The Morgan fingerprint density at radius 3 is 2.31 bits per heavy atom. The quantitative estimate of drug-likeness (QED) is 0.599. The molecule has 0 radical (unpaired) electrons. The first kappa shape index (κ1) is 23.3. The fourth-order valence-corrected chi connectivity index (χ4v) is 5.16. The van der Waals surface area contributed by atoms with Gasteiger partial charge in [0.05, 0.1) is 10.5 Å². The van der Waals surface area contributed by atoms with Gasteiger partial charge < -0.3 is 9.64 Å². The van der Waals surface area contributed by atoms with E-state index in [1.807, 2.05) is 0 Å². The Morgan fingerprint density at radius 1 is 1.10 bits per heavy atom. The number of aryl methyl sites for hydroxylation is 1. The number of hydrogen-bond donors (Lipinski definition) is 0. The van der Waals surface area contributed by atoms with Crippen molar-refractivity contribution in [3.8, 4) is 0 Å². The summed E-state index contributed by atoms with van der Waals surface area (Å²) in [5.41, 5.74) is 0.757. The topological polar surface area (TPSA) is 84.0 Å². The van der Waals surface area contributed by atoms with Gasteiger partial charge in [-0.1, -0.05) is 39.2 Å². The lowest BCUT2D eigenvalue weighted by atomic mass is 9.94. The predicted octanol–water partition coefficient (Wildman–Crippen LogP) is 2.97. The Kier molecular flexibility index (Phi) is 8.22. The van der Waals surface area contributed by atoms with E-state index in [0.29, 0.717) is 18.7 Å². The number of amides is 1. The largest absolute Gasteiger partial charge is 0.452 e. The highest BCUT2D eigenvalue weighted by Crippen LogP contribution is 2.22. The minimum atomic E-state index is -3.68. The summed E-state index contributed by atoms with van der Waals surface area (Å²) in [7, 11) is -1.94. The van der Waals surface area contributed by atoms with E-state index in [-0.39, 0.29) is 29.0 Å². The second kappa shape index (κ2) is 10.2. The van der Waals surface area contributed by atoms with Crippen LogP contribution in [0.4, 0.5) is 0 Å². The molecular weight excluding hydrogens is 392 g/mol. The van der Waals surface area contributed by atoms with E-state index < -0.39 is 16.0 Å². The first-order chi connectivity index (χ1) is 13.7. The van der Waals surface area contributed by atoms with Crippen LogP contribution in [-0.2, 0) is 19.6 Å². The van der Waals surface area contributed by atoms with Crippen molar-refractivity contribution in [2.45, 2.75) is 63.8 Å². The lowest BCUT2D eigenvalue weighted by Crippen LogP contribution is -2.40. The maximum Gasteiger partial charge on any atom is 0.338 e. The maximum absolute atomic E-state index is 12.7. The van der Waals surface area contributed by atoms with Gasteiger partial charge in [-0.2, -0.15) is 4.31 Å². The number of esters is 1. The molecule has 0 saturated heterocycles. The molecule has 0 N–H and O–H groups in total. The molecule has 0 aromatic heterocycles. The minimum absolute atomic E-state index is 0.0457. The maximum atomic E-state index is 12.7. The second-order valence-corrected chi connectivity index (χ2v) is 9.38. The second-order valence-electron chi connectivity index (χ2n) is 7.44. The van der Waals surface area contributed by atoms with E-state index >= 15 is 0 Å². The smallest absolute Gasteiger partial charge is 0.338 e. The molecule has 0 atom stereocenters. The number of hydrogen-bond acceptors (Lipinski definition) is 5. The average Bonchev–Trinajstić information content (AvgIpc) is 2.72. The molecule has 1 fully saturated rings. The van der Waals surface area contributed by atoms with Gasteiger partial charge >= 0.3 is 5.97 Å². The molecule has 0 aliphatic heterocycles. The number of ether oxygens (including phenoxy) is 1. The summed E-state index contributed by atoms with van der Waals surface area (Å²) in [4.78, 5) is 26.7. The van der Waals surface area contributed by atoms with Gasteiger partial charge in [0.2, 0.25) is 10.0 Å². The van der Waals surface area contributed by atoms with E-state index in [2.05, 4.69) is 0 Å². The number of benzene rings is 1. The number of carbonyl (C=O) groups is 2. The molecule has 1 aromatic carbocycles. The molecule has 8 heteroatoms. The van der Waals surface area contributed by atoms with Crippen molar-refractivity contribution < 1.29 is 22.7 Å². The lowest BCUT2D eigenvalue weighted by molar-refractivity contribution is -0.135. The molecule has 0 spiro atoms. The zero-order valence-corrected chi connectivity index (χ0v) is 18.6. The van der Waals surface area contributed by atoms with Gasteiger partial charge in [-0.25, -0.2) is 13.2 Å². The van der Waals surface area contributed by atoms with Crippen molar-refractivity contribution in [1.29, 1.82) is 0 Å². The zero-order chi connectivity index (χ0) is 21.6. The third-order valence-electron chi connectivity index (χ3n) is 5.61. The highest BCUT2D eigenvalue weighted by molar-refractivity contribution is 7.89. The lowest BCUT2D eigenvalue weighted by Gasteiger charge is -2.31. The Hall–Kier alpha value is -1.93. The van der Waals surface area contributed by atoms with Gasteiger partial charge in [-0.15, -0.1) is 0 Å². The molecule has 1 aliphatic rings. The Morgan fingerprint density at radius 2 is 1.72 bits per heavy atom. The highest BCUT2D eigenvalue weighted by Gasteiger charge is 2.25.